The quantitative estimate of drug-likeness (QED) is 0.862. The van der Waals surface area contributed by atoms with Gasteiger partial charge in [0.15, 0.2) is 0 Å². The van der Waals surface area contributed by atoms with Crippen LogP contribution in [0.4, 0.5) is 8.78 Å². The second-order valence-electron chi connectivity index (χ2n) is 4.40. The maximum Gasteiger partial charge on any atom is 0.250 e. The highest BCUT2D eigenvalue weighted by molar-refractivity contribution is 5.30. The fraction of sp³-hybridized carbons (Fsp3) is 0.636. The SMILES string of the molecule is COCc1ccoc1C1(CN)CC(F)(F)C1. The first-order valence-electron chi connectivity index (χ1n) is 5.17. The highest BCUT2D eigenvalue weighted by atomic mass is 19.3. The third kappa shape index (κ3) is 1.74. The molecule has 0 aliphatic heterocycles. The molecule has 1 saturated carbocycles. The number of halogens is 2. The zero-order valence-electron chi connectivity index (χ0n) is 9.13. The van der Waals surface area contributed by atoms with Gasteiger partial charge in [-0.05, 0) is 6.07 Å². The first-order valence-corrected chi connectivity index (χ1v) is 5.17. The number of nitrogens with two attached hydrogens (primary N) is 1. The Morgan fingerprint density at radius 1 is 1.50 bits per heavy atom. The van der Waals surface area contributed by atoms with Crippen LogP contribution in [0.3, 0.4) is 0 Å². The van der Waals surface area contributed by atoms with Crippen LogP contribution in [0.2, 0.25) is 0 Å². The molecule has 0 radical (unpaired) electrons. The van der Waals surface area contributed by atoms with Crippen molar-refractivity contribution in [2.75, 3.05) is 13.7 Å². The summed E-state index contributed by atoms with van der Waals surface area (Å²) in [7, 11) is 1.56. The number of hydrogen-bond acceptors (Lipinski definition) is 3. The lowest BCUT2D eigenvalue weighted by Gasteiger charge is -2.45. The molecular formula is C11H15F2NO2. The molecule has 0 bridgehead atoms. The van der Waals surface area contributed by atoms with Crippen molar-refractivity contribution in [1.29, 1.82) is 0 Å². The Morgan fingerprint density at radius 2 is 2.19 bits per heavy atom. The summed E-state index contributed by atoms with van der Waals surface area (Å²) in [6, 6.07) is 1.74. The van der Waals surface area contributed by atoms with Crippen molar-refractivity contribution in [3.8, 4) is 0 Å². The number of methoxy groups -OCH3 is 1. The van der Waals surface area contributed by atoms with Crippen LogP contribution in [0.25, 0.3) is 0 Å². The summed E-state index contributed by atoms with van der Waals surface area (Å²) >= 11 is 0. The Hall–Kier alpha value is -0.940. The van der Waals surface area contributed by atoms with Gasteiger partial charge in [0.2, 0.25) is 5.92 Å². The lowest BCUT2D eigenvalue weighted by atomic mass is 9.64. The van der Waals surface area contributed by atoms with Crippen LogP contribution >= 0.6 is 0 Å². The highest BCUT2D eigenvalue weighted by Gasteiger charge is 2.58. The summed E-state index contributed by atoms with van der Waals surface area (Å²) in [5.41, 5.74) is 5.71. The third-order valence-electron chi connectivity index (χ3n) is 3.11. The van der Waals surface area contributed by atoms with Gasteiger partial charge < -0.3 is 14.9 Å². The Morgan fingerprint density at radius 3 is 2.69 bits per heavy atom. The number of ether oxygens (including phenoxy) is 1. The molecule has 1 aliphatic rings. The maximum absolute atomic E-state index is 13.0. The summed E-state index contributed by atoms with van der Waals surface area (Å²) < 4.78 is 36.3. The molecule has 2 rings (SSSR count). The molecule has 2 N–H and O–H groups in total. The summed E-state index contributed by atoms with van der Waals surface area (Å²) in [6.07, 6.45) is 1.03. The number of hydrogen-bond donors (Lipinski definition) is 1. The molecule has 1 fully saturated rings. The molecule has 5 heteroatoms. The zero-order chi connectivity index (χ0) is 11.8. The minimum Gasteiger partial charge on any atom is -0.468 e. The van der Waals surface area contributed by atoms with Gasteiger partial charge >= 0.3 is 0 Å². The van der Waals surface area contributed by atoms with E-state index < -0.39 is 11.3 Å². The van der Waals surface area contributed by atoms with Gasteiger partial charge in [0, 0.05) is 32.1 Å². The highest BCUT2D eigenvalue weighted by Crippen LogP contribution is 2.53. The molecule has 16 heavy (non-hydrogen) atoms. The van der Waals surface area contributed by atoms with E-state index in [1.165, 1.54) is 6.26 Å². The van der Waals surface area contributed by atoms with Gasteiger partial charge in [0.05, 0.1) is 18.3 Å². The van der Waals surface area contributed by atoms with Gasteiger partial charge in [-0.25, -0.2) is 8.78 Å². The molecule has 1 aliphatic carbocycles. The molecule has 90 valence electrons. The van der Waals surface area contributed by atoms with E-state index in [1.807, 2.05) is 0 Å². The lowest BCUT2D eigenvalue weighted by Crippen LogP contribution is -2.53. The molecule has 1 heterocycles. The van der Waals surface area contributed by atoms with Crippen molar-refractivity contribution < 1.29 is 17.9 Å². The van der Waals surface area contributed by atoms with E-state index in [0.29, 0.717) is 12.4 Å². The van der Waals surface area contributed by atoms with Crippen molar-refractivity contribution in [1.82, 2.24) is 0 Å². The molecule has 0 unspecified atom stereocenters. The van der Waals surface area contributed by atoms with Gasteiger partial charge in [0.1, 0.15) is 5.76 Å². The van der Waals surface area contributed by atoms with Crippen LogP contribution in [-0.4, -0.2) is 19.6 Å². The van der Waals surface area contributed by atoms with Crippen molar-refractivity contribution >= 4 is 0 Å². The predicted octanol–water partition coefficient (Wildman–Crippen LogP) is 2.05. The molecule has 1 aromatic rings. The van der Waals surface area contributed by atoms with Gasteiger partial charge in [-0.2, -0.15) is 0 Å². The second-order valence-corrected chi connectivity index (χ2v) is 4.40. The van der Waals surface area contributed by atoms with Crippen molar-refractivity contribution in [3.63, 3.8) is 0 Å². The molecule has 3 nitrogen and oxygen atoms in total. The van der Waals surface area contributed by atoms with E-state index in [-0.39, 0.29) is 19.4 Å². The van der Waals surface area contributed by atoms with Crippen molar-refractivity contribution in [2.24, 2.45) is 5.73 Å². The fourth-order valence-corrected chi connectivity index (χ4v) is 2.41. The second kappa shape index (κ2) is 3.82. The van der Waals surface area contributed by atoms with E-state index in [1.54, 1.807) is 13.2 Å². The van der Waals surface area contributed by atoms with Gasteiger partial charge in [0.25, 0.3) is 0 Å². The van der Waals surface area contributed by atoms with Crippen molar-refractivity contribution in [2.45, 2.75) is 30.8 Å². The maximum atomic E-state index is 13.0. The first-order chi connectivity index (χ1) is 7.53. The summed E-state index contributed by atoms with van der Waals surface area (Å²) in [5.74, 6) is -2.06. The standard InChI is InChI=1S/C11H15F2NO2/c1-15-4-8-2-3-16-9(8)10(7-14)5-11(12,13)6-10/h2-3H,4-7,14H2,1H3. The van der Waals surface area contributed by atoms with E-state index >= 15 is 0 Å². The number of furan rings is 1. The Bertz CT molecular complexity index is 368. The molecule has 0 amide bonds. The minimum atomic E-state index is -2.61. The summed E-state index contributed by atoms with van der Waals surface area (Å²) in [6.45, 7) is 0.534. The minimum absolute atomic E-state index is 0.173. The summed E-state index contributed by atoms with van der Waals surface area (Å²) in [5, 5.41) is 0. The molecule has 0 aromatic carbocycles. The van der Waals surface area contributed by atoms with Crippen LogP contribution in [0, 0.1) is 0 Å². The smallest absolute Gasteiger partial charge is 0.250 e. The summed E-state index contributed by atoms with van der Waals surface area (Å²) in [4.78, 5) is 0. The zero-order valence-corrected chi connectivity index (χ0v) is 9.13. The predicted molar refractivity (Wildman–Crippen MR) is 54.3 cm³/mol. The fourth-order valence-electron chi connectivity index (χ4n) is 2.41. The average molecular weight is 231 g/mol. The van der Waals surface area contributed by atoms with Gasteiger partial charge in [-0.3, -0.25) is 0 Å². The van der Waals surface area contributed by atoms with E-state index in [4.69, 9.17) is 14.9 Å². The lowest BCUT2D eigenvalue weighted by molar-refractivity contribution is -0.129. The molecule has 0 spiro atoms. The third-order valence-corrected chi connectivity index (χ3v) is 3.11. The topological polar surface area (TPSA) is 48.4 Å². The Kier molecular flexibility index (Phi) is 2.75. The van der Waals surface area contributed by atoms with Crippen LogP contribution in [0.1, 0.15) is 24.2 Å². The van der Waals surface area contributed by atoms with Gasteiger partial charge in [-0.1, -0.05) is 0 Å². The molecule has 0 atom stereocenters. The first kappa shape index (κ1) is 11.5. The monoisotopic (exact) mass is 231 g/mol. The van der Waals surface area contributed by atoms with Crippen LogP contribution in [0.15, 0.2) is 16.7 Å². The Labute approximate surface area is 92.6 Å². The van der Waals surface area contributed by atoms with Crippen LogP contribution in [0.5, 0.6) is 0 Å². The Balaban J connectivity index is 2.25. The largest absolute Gasteiger partial charge is 0.468 e. The van der Waals surface area contributed by atoms with Gasteiger partial charge in [-0.15, -0.1) is 0 Å². The van der Waals surface area contributed by atoms with Crippen LogP contribution < -0.4 is 5.73 Å². The number of alkyl halides is 2. The number of rotatable bonds is 4. The van der Waals surface area contributed by atoms with E-state index in [0.717, 1.165) is 5.56 Å². The van der Waals surface area contributed by atoms with Crippen LogP contribution in [-0.2, 0) is 16.8 Å². The molecular weight excluding hydrogens is 216 g/mol. The molecule has 0 saturated heterocycles. The van der Waals surface area contributed by atoms with Crippen molar-refractivity contribution in [3.05, 3.63) is 23.7 Å². The normalized spacial score (nSPS) is 21.8. The molecule has 1 aromatic heterocycles. The van der Waals surface area contributed by atoms with E-state index in [2.05, 4.69) is 0 Å². The average Bonchev–Trinajstić information content (AvgIpc) is 2.62. The van der Waals surface area contributed by atoms with E-state index in [9.17, 15) is 8.78 Å².